The van der Waals surface area contributed by atoms with Crippen LogP contribution in [0, 0.1) is 5.92 Å². The molecule has 3 rings (SSSR count). The Morgan fingerprint density at radius 3 is 2.88 bits per heavy atom. The van der Waals surface area contributed by atoms with Crippen molar-refractivity contribution in [1.82, 2.24) is 10.3 Å². The molecule has 0 aliphatic carbocycles. The van der Waals surface area contributed by atoms with Crippen molar-refractivity contribution in [3.8, 4) is 10.6 Å². The largest absolute Gasteiger partial charge is 0.366 e. The maximum atomic E-state index is 11.4. The summed E-state index contributed by atoms with van der Waals surface area (Å²) < 4.78 is 0. The van der Waals surface area contributed by atoms with Gasteiger partial charge in [0.05, 0.1) is 5.69 Å². The number of carbonyl (C=O) groups excluding carboxylic acids is 2. The molecule has 126 valence electrons. The Morgan fingerprint density at radius 1 is 1.38 bits per heavy atom. The number of thioether (sulfide) groups is 1. The lowest BCUT2D eigenvalue weighted by Gasteiger charge is -2.21. The van der Waals surface area contributed by atoms with Crippen LogP contribution in [-0.2, 0) is 10.5 Å². The summed E-state index contributed by atoms with van der Waals surface area (Å²) in [6.45, 7) is 0.798. The van der Waals surface area contributed by atoms with Gasteiger partial charge in [0.15, 0.2) is 0 Å². The maximum absolute atomic E-state index is 11.4. The van der Waals surface area contributed by atoms with Gasteiger partial charge in [0.2, 0.25) is 11.8 Å². The number of nitrogens with zero attached hydrogens (tertiary/aromatic N) is 1. The lowest BCUT2D eigenvalue weighted by molar-refractivity contribution is -0.123. The molecule has 0 bridgehead atoms. The number of benzene rings is 1. The molecule has 1 unspecified atom stereocenters. The smallest absolute Gasteiger partial charge is 0.248 e. The number of thiazole rings is 1. The van der Waals surface area contributed by atoms with Crippen molar-refractivity contribution in [2.24, 2.45) is 11.7 Å². The first-order valence-electron chi connectivity index (χ1n) is 7.81. The number of primary amides is 1. The fourth-order valence-electron chi connectivity index (χ4n) is 2.61. The standard InChI is InChI=1S/C17H19N3O2S2/c18-16(22)12-1-3-13(4-2-12)17-20-14(10-24-17)9-23-8-11-5-6-19-15(21)7-11/h1-4,10-11H,5-9H2,(H2,18,22)(H,19,21). The van der Waals surface area contributed by atoms with Crippen molar-refractivity contribution in [3.05, 3.63) is 40.9 Å². The minimum absolute atomic E-state index is 0.169. The Morgan fingerprint density at radius 2 is 2.17 bits per heavy atom. The van der Waals surface area contributed by atoms with Gasteiger partial charge in [-0.25, -0.2) is 4.98 Å². The summed E-state index contributed by atoms with van der Waals surface area (Å²) in [6.07, 6.45) is 1.70. The molecular weight excluding hydrogens is 342 g/mol. The SMILES string of the molecule is NC(=O)c1ccc(-c2nc(CSCC3CCNC(=O)C3)cs2)cc1. The van der Waals surface area contributed by atoms with Gasteiger partial charge in [0, 0.05) is 35.2 Å². The van der Waals surface area contributed by atoms with Gasteiger partial charge in [-0.05, 0) is 30.2 Å². The van der Waals surface area contributed by atoms with E-state index in [9.17, 15) is 9.59 Å². The molecule has 1 saturated heterocycles. The summed E-state index contributed by atoms with van der Waals surface area (Å²) in [5, 5.41) is 5.88. The zero-order valence-electron chi connectivity index (χ0n) is 13.2. The van der Waals surface area contributed by atoms with Gasteiger partial charge in [-0.15, -0.1) is 11.3 Å². The van der Waals surface area contributed by atoms with Crippen LogP contribution in [0.5, 0.6) is 0 Å². The van der Waals surface area contributed by atoms with E-state index in [1.54, 1.807) is 23.5 Å². The molecule has 1 atom stereocenters. The molecule has 5 nitrogen and oxygen atoms in total. The van der Waals surface area contributed by atoms with E-state index in [4.69, 9.17) is 5.73 Å². The van der Waals surface area contributed by atoms with E-state index < -0.39 is 5.91 Å². The van der Waals surface area contributed by atoms with Gasteiger partial charge in [0.25, 0.3) is 0 Å². The number of hydrogen-bond donors (Lipinski definition) is 2. The molecular formula is C17H19N3O2S2. The van der Waals surface area contributed by atoms with Crippen molar-refractivity contribution in [1.29, 1.82) is 0 Å². The van der Waals surface area contributed by atoms with Crippen LogP contribution < -0.4 is 11.1 Å². The summed E-state index contributed by atoms with van der Waals surface area (Å²) in [5.74, 6) is 2.07. The molecule has 24 heavy (non-hydrogen) atoms. The fourth-order valence-corrected chi connectivity index (χ4v) is 4.63. The normalized spacial score (nSPS) is 17.5. The van der Waals surface area contributed by atoms with Crippen molar-refractivity contribution in [3.63, 3.8) is 0 Å². The maximum Gasteiger partial charge on any atom is 0.248 e. The van der Waals surface area contributed by atoms with E-state index >= 15 is 0 Å². The minimum atomic E-state index is -0.422. The molecule has 0 radical (unpaired) electrons. The van der Waals surface area contributed by atoms with Crippen molar-refractivity contribution < 1.29 is 9.59 Å². The molecule has 0 saturated carbocycles. The number of piperidine rings is 1. The van der Waals surface area contributed by atoms with Crippen LogP contribution in [0.15, 0.2) is 29.6 Å². The van der Waals surface area contributed by atoms with Crippen LogP contribution in [0.25, 0.3) is 10.6 Å². The Kier molecular flexibility index (Phi) is 5.52. The summed E-state index contributed by atoms with van der Waals surface area (Å²) in [4.78, 5) is 27.1. The van der Waals surface area contributed by atoms with E-state index in [2.05, 4.69) is 15.7 Å². The van der Waals surface area contributed by atoms with Crippen LogP contribution in [-0.4, -0.2) is 29.1 Å². The van der Waals surface area contributed by atoms with Crippen molar-refractivity contribution in [2.45, 2.75) is 18.6 Å². The monoisotopic (exact) mass is 361 g/mol. The summed E-state index contributed by atoms with van der Waals surface area (Å²) in [7, 11) is 0. The van der Waals surface area contributed by atoms with E-state index in [1.165, 1.54) is 0 Å². The molecule has 2 heterocycles. The first-order valence-corrected chi connectivity index (χ1v) is 9.84. The molecule has 7 heteroatoms. The van der Waals surface area contributed by atoms with Crippen LogP contribution in [0.1, 0.15) is 28.9 Å². The summed E-state index contributed by atoms with van der Waals surface area (Å²) in [6, 6.07) is 7.19. The van der Waals surface area contributed by atoms with Gasteiger partial charge < -0.3 is 11.1 Å². The molecule has 2 amide bonds. The number of nitrogens with two attached hydrogens (primary N) is 1. The first kappa shape index (κ1) is 17.0. The fraction of sp³-hybridized carbons (Fsp3) is 0.353. The summed E-state index contributed by atoms with van der Waals surface area (Å²) >= 11 is 3.43. The highest BCUT2D eigenvalue weighted by Gasteiger charge is 2.18. The van der Waals surface area contributed by atoms with Gasteiger partial charge in [-0.3, -0.25) is 9.59 Å². The number of nitrogens with one attached hydrogen (secondary N) is 1. The second kappa shape index (κ2) is 7.81. The highest BCUT2D eigenvalue weighted by Crippen LogP contribution is 2.27. The predicted molar refractivity (Wildman–Crippen MR) is 98.0 cm³/mol. The molecule has 3 N–H and O–H groups in total. The Labute approximate surface area is 149 Å². The van der Waals surface area contributed by atoms with Crippen LogP contribution >= 0.6 is 23.1 Å². The first-order chi connectivity index (χ1) is 11.6. The summed E-state index contributed by atoms with van der Waals surface area (Å²) in [5.41, 5.74) is 7.80. The number of rotatable bonds is 6. The van der Waals surface area contributed by atoms with Crippen LogP contribution in [0.4, 0.5) is 0 Å². The van der Waals surface area contributed by atoms with Crippen molar-refractivity contribution >= 4 is 34.9 Å². The third-order valence-electron chi connectivity index (χ3n) is 3.92. The zero-order chi connectivity index (χ0) is 16.9. The molecule has 0 spiro atoms. The van der Waals surface area contributed by atoms with Gasteiger partial charge in [0.1, 0.15) is 5.01 Å². The number of hydrogen-bond acceptors (Lipinski definition) is 5. The Hall–Kier alpha value is -1.86. The van der Waals surface area contributed by atoms with E-state index in [0.29, 0.717) is 17.9 Å². The third kappa shape index (κ3) is 4.36. The average molecular weight is 361 g/mol. The Balaban J connectivity index is 1.53. The van der Waals surface area contributed by atoms with Gasteiger partial charge >= 0.3 is 0 Å². The Bertz CT molecular complexity index is 728. The second-order valence-corrected chi connectivity index (χ2v) is 7.70. The van der Waals surface area contributed by atoms with Crippen LogP contribution in [0.2, 0.25) is 0 Å². The average Bonchev–Trinajstić information content (AvgIpc) is 3.04. The van der Waals surface area contributed by atoms with Gasteiger partial charge in [-0.2, -0.15) is 11.8 Å². The second-order valence-electron chi connectivity index (χ2n) is 5.81. The number of amides is 2. The molecule has 2 aromatic rings. The van der Waals surface area contributed by atoms with E-state index in [1.807, 2.05) is 23.9 Å². The number of aromatic nitrogens is 1. The highest BCUT2D eigenvalue weighted by atomic mass is 32.2. The minimum Gasteiger partial charge on any atom is -0.366 e. The topological polar surface area (TPSA) is 85.1 Å². The lowest BCUT2D eigenvalue weighted by atomic mass is 10.0. The number of carbonyl (C=O) groups is 2. The molecule has 1 aliphatic rings. The molecule has 1 fully saturated rings. The molecule has 1 aliphatic heterocycles. The lowest BCUT2D eigenvalue weighted by Crippen LogP contribution is -2.34. The molecule has 1 aromatic heterocycles. The van der Waals surface area contributed by atoms with E-state index in [-0.39, 0.29) is 5.91 Å². The quantitative estimate of drug-likeness (QED) is 0.828. The third-order valence-corrected chi connectivity index (χ3v) is 6.07. The van der Waals surface area contributed by atoms with Crippen LogP contribution in [0.3, 0.4) is 0 Å². The van der Waals surface area contributed by atoms with Gasteiger partial charge in [-0.1, -0.05) is 12.1 Å². The van der Waals surface area contributed by atoms with Crippen molar-refractivity contribution in [2.75, 3.05) is 12.3 Å². The zero-order valence-corrected chi connectivity index (χ0v) is 14.8. The highest BCUT2D eigenvalue weighted by molar-refractivity contribution is 7.98. The van der Waals surface area contributed by atoms with E-state index in [0.717, 1.165) is 40.7 Å². The predicted octanol–water partition coefficient (Wildman–Crippen LogP) is 2.67. The molecule has 1 aromatic carbocycles.